The van der Waals surface area contributed by atoms with Crippen LogP contribution in [-0.4, -0.2) is 45.5 Å². The molecule has 0 spiro atoms. The Morgan fingerprint density at radius 2 is 0.955 bits per heavy atom. The molecule has 0 saturated heterocycles. The lowest BCUT2D eigenvalue weighted by Crippen LogP contribution is -2.48. The predicted molar refractivity (Wildman–Crippen MR) is 175 cm³/mol. The molecule has 9 rings (SSSR count). The van der Waals surface area contributed by atoms with Gasteiger partial charge in [-0.25, -0.2) is 0 Å². The quantitative estimate of drug-likeness (QED) is 0.109. The highest BCUT2D eigenvalue weighted by atomic mass is 79.9. The molecule has 0 atom stereocenters. The van der Waals surface area contributed by atoms with Gasteiger partial charge in [0.2, 0.25) is 0 Å². The first kappa shape index (κ1) is 26.6. The molecule has 0 aromatic heterocycles. The molecule has 2 aliphatic carbocycles. The molecule has 0 bridgehead atoms. The zero-order valence-corrected chi connectivity index (χ0v) is 26.2. The van der Waals surface area contributed by atoms with Gasteiger partial charge in [-0.05, 0) is 84.0 Å². The number of amides is 4. The minimum absolute atomic E-state index is 0.0613. The van der Waals surface area contributed by atoms with Gasteiger partial charge in [0, 0.05) is 60.4 Å². The van der Waals surface area contributed by atoms with E-state index >= 15 is 0 Å². The van der Waals surface area contributed by atoms with Crippen LogP contribution in [-0.2, 0) is 0 Å². The fourth-order valence-corrected chi connectivity index (χ4v) is 9.64. The zero-order valence-electron chi connectivity index (χ0n) is 24.6. The van der Waals surface area contributed by atoms with E-state index in [1.54, 1.807) is 0 Å². The molecule has 5 aromatic rings. The summed E-state index contributed by atoms with van der Waals surface area (Å²) < 4.78 is 0.769. The number of nitrogens with zero attached hydrogens (tertiary/aromatic N) is 2. The number of carbonyl (C=O) groups excluding carboxylic acids is 4. The number of hydrogen-bond donors (Lipinski definition) is 0. The second-order valence-electron chi connectivity index (χ2n) is 13.3. The number of carbonyl (C=O) groups is 4. The van der Waals surface area contributed by atoms with Gasteiger partial charge in [-0.15, -0.1) is 0 Å². The number of fused-ring (bicyclic) bond motifs is 2. The van der Waals surface area contributed by atoms with E-state index in [-0.39, 0.29) is 35.7 Å². The molecule has 0 N–H and O–H groups in total. The van der Waals surface area contributed by atoms with Crippen molar-refractivity contribution >= 4 is 82.6 Å². The first-order chi connectivity index (χ1) is 21.4. The number of benzene rings is 5. The Labute approximate surface area is 262 Å². The van der Waals surface area contributed by atoms with Gasteiger partial charge in [-0.3, -0.25) is 29.0 Å². The molecule has 5 aromatic carbocycles. The van der Waals surface area contributed by atoms with Crippen LogP contribution in [0.25, 0.3) is 43.1 Å². The van der Waals surface area contributed by atoms with Crippen molar-refractivity contribution in [2.45, 2.75) is 83.2 Å². The van der Waals surface area contributed by atoms with Crippen LogP contribution in [0.4, 0.5) is 0 Å². The summed E-state index contributed by atoms with van der Waals surface area (Å²) in [5.41, 5.74) is 3.22. The molecule has 2 aliphatic heterocycles. The lowest BCUT2D eigenvalue weighted by Gasteiger charge is -2.37. The van der Waals surface area contributed by atoms with Crippen molar-refractivity contribution in [1.82, 2.24) is 9.80 Å². The molecular weight excluding hydrogens is 616 g/mol. The molecule has 2 saturated carbocycles. The lowest BCUT2D eigenvalue weighted by molar-refractivity contribution is 0.0487. The highest BCUT2D eigenvalue weighted by Crippen LogP contribution is 2.50. The maximum absolute atomic E-state index is 14.1. The van der Waals surface area contributed by atoms with Gasteiger partial charge in [-0.2, -0.15) is 0 Å². The minimum atomic E-state index is -0.217. The van der Waals surface area contributed by atoms with E-state index in [2.05, 4.69) is 15.9 Å². The summed E-state index contributed by atoms with van der Waals surface area (Å²) in [5, 5.41) is 6.90. The number of hydrogen-bond acceptors (Lipinski definition) is 4. The summed E-state index contributed by atoms with van der Waals surface area (Å²) >= 11 is 3.84. The fraction of sp³-hybridized carbons (Fsp3) is 0.351. The second kappa shape index (κ2) is 9.33. The monoisotopic (exact) mass is 646 g/mol. The molecule has 2 fully saturated rings. The topological polar surface area (TPSA) is 74.8 Å². The van der Waals surface area contributed by atoms with Crippen LogP contribution in [0.15, 0.2) is 40.9 Å². The summed E-state index contributed by atoms with van der Waals surface area (Å²) in [5.74, 6) is -0.827. The third-order valence-electron chi connectivity index (χ3n) is 10.9. The largest absolute Gasteiger partial charge is 0.271 e. The van der Waals surface area contributed by atoms with Crippen LogP contribution < -0.4 is 0 Å². The maximum Gasteiger partial charge on any atom is 0.261 e. The molecule has 4 amide bonds. The number of imide groups is 2. The molecule has 220 valence electrons. The van der Waals surface area contributed by atoms with Crippen LogP contribution in [0.1, 0.15) is 111 Å². The third-order valence-corrected chi connectivity index (χ3v) is 11.6. The predicted octanol–water partition coefficient (Wildman–Crippen LogP) is 8.67. The normalized spacial score (nSPS) is 20.0. The van der Waals surface area contributed by atoms with E-state index < -0.39 is 0 Å². The van der Waals surface area contributed by atoms with Crippen LogP contribution >= 0.6 is 15.9 Å². The van der Waals surface area contributed by atoms with Crippen LogP contribution in [0.5, 0.6) is 0 Å². The summed E-state index contributed by atoms with van der Waals surface area (Å²) in [6.07, 6.45) is 9.81. The lowest BCUT2D eigenvalue weighted by atomic mass is 9.80. The highest BCUT2D eigenvalue weighted by Gasteiger charge is 2.41. The first-order valence-electron chi connectivity index (χ1n) is 16.0. The number of rotatable bonds is 2. The summed E-state index contributed by atoms with van der Waals surface area (Å²) in [6, 6.07) is 11.5. The van der Waals surface area contributed by atoms with Gasteiger partial charge in [0.1, 0.15) is 0 Å². The standard InChI is InChI=1S/C37H31BrN2O4/c1-18-16-25-29-23(34(41)39(36(25)43)19-8-4-2-5-9-19)15-13-22-31-27(38)17-26-30-24(14-12-21(33(30)31)28(18)32(22)29)35(42)40(37(26)44)20-10-6-3-7-11-20/h12-17,19-20H,2-11H2,1H3. The molecule has 4 aliphatic rings. The fourth-order valence-electron chi connectivity index (χ4n) is 9.00. The van der Waals surface area contributed by atoms with Gasteiger partial charge in [0.25, 0.3) is 23.6 Å². The van der Waals surface area contributed by atoms with Crippen molar-refractivity contribution in [1.29, 1.82) is 0 Å². The molecule has 7 heteroatoms. The van der Waals surface area contributed by atoms with Gasteiger partial charge >= 0.3 is 0 Å². The first-order valence-corrected chi connectivity index (χ1v) is 16.8. The summed E-state index contributed by atoms with van der Waals surface area (Å²) in [4.78, 5) is 59.2. The van der Waals surface area contributed by atoms with Gasteiger partial charge in [0.05, 0.1) is 0 Å². The van der Waals surface area contributed by atoms with E-state index in [0.717, 1.165) is 107 Å². The van der Waals surface area contributed by atoms with Gasteiger partial charge in [0.15, 0.2) is 0 Å². The van der Waals surface area contributed by atoms with E-state index in [1.807, 2.05) is 43.3 Å². The molecule has 44 heavy (non-hydrogen) atoms. The van der Waals surface area contributed by atoms with Gasteiger partial charge < -0.3 is 0 Å². The maximum atomic E-state index is 14.1. The SMILES string of the molecule is Cc1cc2c3c(ccc4c5c(Br)cc6c7c(ccc(c1c34)c75)C(=O)N(C1CCCCC1)C6=O)C(=O)N(C1CCCCC1)C2=O. The smallest absolute Gasteiger partial charge is 0.261 e. The molecule has 6 nitrogen and oxygen atoms in total. The second-order valence-corrected chi connectivity index (χ2v) is 14.1. The Morgan fingerprint density at radius 1 is 0.523 bits per heavy atom. The average molecular weight is 648 g/mol. The van der Waals surface area contributed by atoms with Crippen LogP contribution in [0, 0.1) is 6.92 Å². The Morgan fingerprint density at radius 3 is 1.48 bits per heavy atom. The van der Waals surface area contributed by atoms with Gasteiger partial charge in [-0.1, -0.05) is 66.6 Å². The van der Waals surface area contributed by atoms with Crippen LogP contribution in [0.2, 0.25) is 0 Å². The Balaban J connectivity index is 1.34. The molecule has 2 heterocycles. The number of halogens is 1. The van der Waals surface area contributed by atoms with Crippen molar-refractivity contribution in [3.8, 4) is 0 Å². The van der Waals surface area contributed by atoms with E-state index in [4.69, 9.17) is 0 Å². The third kappa shape index (κ3) is 3.31. The van der Waals surface area contributed by atoms with Crippen molar-refractivity contribution in [2.75, 3.05) is 0 Å². The van der Waals surface area contributed by atoms with E-state index in [0.29, 0.717) is 33.0 Å². The average Bonchev–Trinajstić information content (AvgIpc) is 3.04. The van der Waals surface area contributed by atoms with Crippen molar-refractivity contribution < 1.29 is 19.2 Å². The Bertz CT molecular complexity index is 2000. The zero-order chi connectivity index (χ0) is 30.0. The van der Waals surface area contributed by atoms with Crippen molar-refractivity contribution in [3.63, 3.8) is 0 Å². The number of aryl methyl sites for hydroxylation is 1. The van der Waals surface area contributed by atoms with E-state index in [1.165, 1.54) is 9.80 Å². The molecule has 0 unspecified atom stereocenters. The molecular formula is C37H31BrN2O4. The minimum Gasteiger partial charge on any atom is -0.271 e. The summed E-state index contributed by atoms with van der Waals surface area (Å²) in [7, 11) is 0. The Hall–Kier alpha value is -3.84. The van der Waals surface area contributed by atoms with Crippen LogP contribution in [0.3, 0.4) is 0 Å². The van der Waals surface area contributed by atoms with Crippen molar-refractivity contribution in [2.24, 2.45) is 0 Å². The molecule has 0 radical (unpaired) electrons. The summed E-state index contributed by atoms with van der Waals surface area (Å²) in [6.45, 7) is 2.02. The highest BCUT2D eigenvalue weighted by molar-refractivity contribution is 9.10. The Kier molecular flexibility index (Phi) is 5.63. The van der Waals surface area contributed by atoms with E-state index in [9.17, 15) is 19.2 Å². The van der Waals surface area contributed by atoms with Crippen molar-refractivity contribution in [3.05, 3.63) is 68.7 Å².